The summed E-state index contributed by atoms with van der Waals surface area (Å²) >= 11 is 5.84. The Morgan fingerprint density at radius 1 is 0.941 bits per heavy atom. The van der Waals surface area contributed by atoms with E-state index in [1.807, 2.05) is 36.4 Å². The molecule has 0 amide bonds. The number of nitrogens with zero attached hydrogens (tertiary/aromatic N) is 1. The topological polar surface area (TPSA) is 38.9 Å². The van der Waals surface area contributed by atoms with Crippen molar-refractivity contribution in [1.29, 1.82) is 0 Å². The van der Waals surface area contributed by atoms with E-state index in [2.05, 4.69) is 4.98 Å². The molecule has 1 atom stereocenters. The summed E-state index contributed by atoms with van der Waals surface area (Å²) in [5.41, 5.74) is 8.56. The molecule has 2 N–H and O–H groups in total. The number of rotatable bonds is 4. The van der Waals surface area contributed by atoms with Gasteiger partial charge in [0.2, 0.25) is 0 Å². The van der Waals surface area contributed by atoms with Crippen LogP contribution in [0.15, 0.2) is 48.8 Å². The van der Waals surface area contributed by atoms with E-state index in [0.717, 1.165) is 17.9 Å². The van der Waals surface area contributed by atoms with Crippen LogP contribution in [0.2, 0.25) is 5.02 Å². The van der Waals surface area contributed by atoms with Gasteiger partial charge in [-0.2, -0.15) is 0 Å². The maximum absolute atomic E-state index is 6.12. The highest BCUT2D eigenvalue weighted by molar-refractivity contribution is 6.30. The first-order chi connectivity index (χ1) is 8.24. The monoisotopic (exact) mass is 246 g/mol. The lowest BCUT2D eigenvalue weighted by Crippen LogP contribution is -2.25. The third kappa shape index (κ3) is 3.84. The molecule has 1 unspecified atom stereocenters. The summed E-state index contributed by atoms with van der Waals surface area (Å²) in [6.07, 6.45) is 5.32. The van der Waals surface area contributed by atoms with Crippen molar-refractivity contribution >= 4 is 11.6 Å². The maximum atomic E-state index is 6.12. The highest BCUT2D eigenvalue weighted by atomic mass is 35.5. The van der Waals surface area contributed by atoms with Gasteiger partial charge in [-0.05, 0) is 48.2 Å². The second-order valence-corrected chi connectivity index (χ2v) is 4.59. The average Bonchev–Trinajstić information content (AvgIpc) is 2.33. The van der Waals surface area contributed by atoms with Gasteiger partial charge in [0.15, 0.2) is 0 Å². The molecular formula is C14H15ClN2. The van der Waals surface area contributed by atoms with Crippen LogP contribution < -0.4 is 5.73 Å². The Kier molecular flexibility index (Phi) is 4.13. The molecule has 1 aromatic heterocycles. The Balaban J connectivity index is 1.93. The first-order valence-electron chi connectivity index (χ1n) is 5.63. The van der Waals surface area contributed by atoms with Crippen LogP contribution in [0.1, 0.15) is 11.1 Å². The molecule has 2 aromatic rings. The molecule has 0 saturated carbocycles. The van der Waals surface area contributed by atoms with Gasteiger partial charge in [-0.3, -0.25) is 4.98 Å². The molecule has 0 spiro atoms. The van der Waals surface area contributed by atoms with Crippen molar-refractivity contribution in [3.63, 3.8) is 0 Å². The molecule has 1 aromatic carbocycles. The van der Waals surface area contributed by atoms with Crippen LogP contribution in [0.4, 0.5) is 0 Å². The Morgan fingerprint density at radius 3 is 2.06 bits per heavy atom. The van der Waals surface area contributed by atoms with Crippen LogP contribution in [0.25, 0.3) is 0 Å². The van der Waals surface area contributed by atoms with Gasteiger partial charge in [-0.25, -0.2) is 0 Å². The van der Waals surface area contributed by atoms with E-state index in [0.29, 0.717) is 0 Å². The smallest absolute Gasteiger partial charge is 0.0406 e. The molecule has 0 saturated heterocycles. The molecule has 1 heterocycles. The van der Waals surface area contributed by atoms with Crippen LogP contribution >= 0.6 is 11.6 Å². The molecule has 17 heavy (non-hydrogen) atoms. The highest BCUT2D eigenvalue weighted by Gasteiger charge is 2.05. The second-order valence-electron chi connectivity index (χ2n) is 4.15. The molecule has 88 valence electrons. The first kappa shape index (κ1) is 12.1. The zero-order valence-corrected chi connectivity index (χ0v) is 10.3. The Hall–Kier alpha value is -1.38. The molecule has 0 aliphatic carbocycles. The molecule has 0 aliphatic rings. The fourth-order valence-electron chi connectivity index (χ4n) is 1.82. The number of hydrogen-bond acceptors (Lipinski definition) is 2. The summed E-state index contributed by atoms with van der Waals surface area (Å²) in [5.74, 6) is 0. The van der Waals surface area contributed by atoms with Gasteiger partial charge in [-0.15, -0.1) is 0 Å². The molecule has 0 fully saturated rings. The minimum atomic E-state index is 0.124. The van der Waals surface area contributed by atoms with Crippen LogP contribution in [-0.4, -0.2) is 11.0 Å². The largest absolute Gasteiger partial charge is 0.327 e. The molecule has 0 bridgehead atoms. The maximum Gasteiger partial charge on any atom is 0.0406 e. The SMILES string of the molecule is NC(Cc1ccncc1)Cc1ccc(Cl)cc1. The lowest BCUT2D eigenvalue weighted by molar-refractivity contribution is 0.664. The minimum absolute atomic E-state index is 0.124. The zero-order valence-electron chi connectivity index (χ0n) is 9.51. The van der Waals surface area contributed by atoms with E-state index in [4.69, 9.17) is 17.3 Å². The Bertz CT molecular complexity index is 453. The normalized spacial score (nSPS) is 12.4. The van der Waals surface area contributed by atoms with Gasteiger partial charge in [0.1, 0.15) is 0 Å². The molecular weight excluding hydrogens is 232 g/mol. The van der Waals surface area contributed by atoms with Crippen LogP contribution in [0.3, 0.4) is 0 Å². The number of pyridine rings is 1. The van der Waals surface area contributed by atoms with Crippen molar-refractivity contribution in [2.75, 3.05) is 0 Å². The third-order valence-electron chi connectivity index (χ3n) is 2.66. The molecule has 2 rings (SSSR count). The summed E-state index contributed by atoms with van der Waals surface area (Å²) in [4.78, 5) is 3.99. The summed E-state index contributed by atoms with van der Waals surface area (Å²) in [6, 6.07) is 12.0. The van der Waals surface area contributed by atoms with Crippen molar-refractivity contribution in [2.24, 2.45) is 5.73 Å². The first-order valence-corrected chi connectivity index (χ1v) is 6.01. The molecule has 0 radical (unpaired) electrons. The van der Waals surface area contributed by atoms with E-state index in [1.54, 1.807) is 12.4 Å². The van der Waals surface area contributed by atoms with E-state index < -0.39 is 0 Å². The van der Waals surface area contributed by atoms with Gasteiger partial charge < -0.3 is 5.73 Å². The van der Waals surface area contributed by atoms with Gasteiger partial charge in [-0.1, -0.05) is 23.7 Å². The van der Waals surface area contributed by atoms with Crippen molar-refractivity contribution < 1.29 is 0 Å². The van der Waals surface area contributed by atoms with Gasteiger partial charge in [0.25, 0.3) is 0 Å². The average molecular weight is 247 g/mol. The number of benzene rings is 1. The zero-order chi connectivity index (χ0) is 12.1. The van der Waals surface area contributed by atoms with E-state index >= 15 is 0 Å². The fraction of sp³-hybridized carbons (Fsp3) is 0.214. The van der Waals surface area contributed by atoms with Crippen LogP contribution in [0.5, 0.6) is 0 Å². The third-order valence-corrected chi connectivity index (χ3v) is 2.91. The summed E-state index contributed by atoms with van der Waals surface area (Å²) in [6.45, 7) is 0. The number of halogens is 1. The molecule has 0 aliphatic heterocycles. The summed E-state index contributed by atoms with van der Waals surface area (Å²) in [5, 5.41) is 0.761. The standard InChI is InChI=1S/C14H15ClN2/c15-13-3-1-11(2-4-13)9-14(16)10-12-5-7-17-8-6-12/h1-8,14H,9-10,16H2. The van der Waals surface area contributed by atoms with Crippen molar-refractivity contribution in [2.45, 2.75) is 18.9 Å². The van der Waals surface area contributed by atoms with E-state index in [-0.39, 0.29) is 6.04 Å². The summed E-state index contributed by atoms with van der Waals surface area (Å²) < 4.78 is 0. The predicted octanol–water partition coefficient (Wildman–Crippen LogP) is 2.85. The minimum Gasteiger partial charge on any atom is -0.327 e. The fourth-order valence-corrected chi connectivity index (χ4v) is 1.94. The Morgan fingerprint density at radius 2 is 1.47 bits per heavy atom. The lowest BCUT2D eigenvalue weighted by atomic mass is 10.0. The lowest BCUT2D eigenvalue weighted by Gasteiger charge is -2.11. The number of nitrogens with two attached hydrogens (primary N) is 1. The van der Waals surface area contributed by atoms with E-state index in [9.17, 15) is 0 Å². The van der Waals surface area contributed by atoms with Gasteiger partial charge >= 0.3 is 0 Å². The molecule has 3 heteroatoms. The number of hydrogen-bond donors (Lipinski definition) is 1. The molecule has 2 nitrogen and oxygen atoms in total. The van der Waals surface area contributed by atoms with Crippen molar-refractivity contribution in [3.05, 3.63) is 64.9 Å². The van der Waals surface area contributed by atoms with Gasteiger partial charge in [0.05, 0.1) is 0 Å². The number of aromatic nitrogens is 1. The van der Waals surface area contributed by atoms with Crippen LogP contribution in [-0.2, 0) is 12.8 Å². The Labute approximate surface area is 106 Å². The van der Waals surface area contributed by atoms with Crippen LogP contribution in [0, 0.1) is 0 Å². The van der Waals surface area contributed by atoms with Gasteiger partial charge in [0, 0.05) is 23.5 Å². The quantitative estimate of drug-likeness (QED) is 0.901. The van der Waals surface area contributed by atoms with Crippen molar-refractivity contribution in [3.8, 4) is 0 Å². The highest BCUT2D eigenvalue weighted by Crippen LogP contribution is 2.12. The van der Waals surface area contributed by atoms with Crippen molar-refractivity contribution in [1.82, 2.24) is 4.98 Å². The van der Waals surface area contributed by atoms with E-state index in [1.165, 1.54) is 11.1 Å². The second kappa shape index (κ2) is 5.80. The predicted molar refractivity (Wildman–Crippen MR) is 71.1 cm³/mol. The summed E-state index contributed by atoms with van der Waals surface area (Å²) in [7, 11) is 0.